The highest BCUT2D eigenvalue weighted by Gasteiger charge is 2.16. The van der Waals surface area contributed by atoms with Crippen molar-refractivity contribution < 1.29 is 9.18 Å². The van der Waals surface area contributed by atoms with E-state index in [1.165, 1.54) is 6.07 Å². The van der Waals surface area contributed by atoms with Gasteiger partial charge in [0.25, 0.3) is 0 Å². The van der Waals surface area contributed by atoms with Gasteiger partial charge in [-0.15, -0.1) is 0 Å². The molecule has 0 saturated carbocycles. The molecule has 0 spiro atoms. The van der Waals surface area contributed by atoms with E-state index < -0.39 is 0 Å². The lowest BCUT2D eigenvalue weighted by molar-refractivity contribution is -0.116. The van der Waals surface area contributed by atoms with Crippen LogP contribution in [0.5, 0.6) is 0 Å². The Kier molecular flexibility index (Phi) is 6.03. The van der Waals surface area contributed by atoms with Gasteiger partial charge in [0.05, 0.1) is 16.9 Å². The molecule has 0 fully saturated rings. The van der Waals surface area contributed by atoms with Gasteiger partial charge in [-0.2, -0.15) is 0 Å². The molecular weight excluding hydrogens is 449 g/mol. The van der Waals surface area contributed by atoms with Crippen molar-refractivity contribution in [3.8, 4) is 11.4 Å². The van der Waals surface area contributed by atoms with E-state index in [1.807, 2.05) is 55.5 Å². The molecule has 2 N–H and O–H groups in total. The molecule has 0 aliphatic heterocycles. The first-order valence-electron chi connectivity index (χ1n) is 11.2. The van der Waals surface area contributed by atoms with E-state index in [4.69, 9.17) is 16.6 Å². The minimum atomic E-state index is -0.292. The van der Waals surface area contributed by atoms with E-state index in [1.54, 1.807) is 18.2 Å². The highest BCUT2D eigenvalue weighted by atomic mass is 35.5. The van der Waals surface area contributed by atoms with Crippen LogP contribution in [0, 0.1) is 12.7 Å². The van der Waals surface area contributed by atoms with Crippen molar-refractivity contribution in [2.75, 3.05) is 5.32 Å². The van der Waals surface area contributed by atoms with Crippen LogP contribution in [0.3, 0.4) is 0 Å². The van der Waals surface area contributed by atoms with Crippen LogP contribution in [-0.2, 0) is 11.2 Å². The lowest BCUT2D eigenvalue weighted by atomic mass is 10.0. The number of hydrogen-bond donors (Lipinski definition) is 2. The molecule has 34 heavy (non-hydrogen) atoms. The third kappa shape index (κ3) is 4.39. The molecular formula is C28H23ClFN3O. The van der Waals surface area contributed by atoms with Crippen LogP contribution < -0.4 is 5.32 Å². The van der Waals surface area contributed by atoms with Gasteiger partial charge in [-0.05, 0) is 73.4 Å². The number of rotatable bonds is 6. The van der Waals surface area contributed by atoms with Crippen LogP contribution in [0.15, 0.2) is 72.8 Å². The van der Waals surface area contributed by atoms with E-state index in [0.717, 1.165) is 44.3 Å². The number of nitrogens with zero attached hydrogens (tertiary/aromatic N) is 1. The van der Waals surface area contributed by atoms with Crippen LogP contribution in [0.4, 0.5) is 10.1 Å². The predicted molar refractivity (Wildman–Crippen MR) is 137 cm³/mol. The molecule has 3 aromatic carbocycles. The largest absolute Gasteiger partial charge is 0.353 e. The molecule has 2 heterocycles. The van der Waals surface area contributed by atoms with E-state index in [9.17, 15) is 9.18 Å². The average Bonchev–Trinajstić information content (AvgIpc) is 3.19. The summed E-state index contributed by atoms with van der Waals surface area (Å²) in [6, 6.07) is 22.1. The molecule has 0 radical (unpaired) electrons. The van der Waals surface area contributed by atoms with Crippen molar-refractivity contribution in [2.45, 2.75) is 26.2 Å². The van der Waals surface area contributed by atoms with Crippen molar-refractivity contribution in [1.82, 2.24) is 9.97 Å². The minimum absolute atomic E-state index is 0.0817. The summed E-state index contributed by atoms with van der Waals surface area (Å²) in [5.41, 5.74) is 5.92. The number of H-pyrrole nitrogens is 1. The number of nitrogens with one attached hydrogen (secondary N) is 2. The topological polar surface area (TPSA) is 57.8 Å². The number of aromatic amines is 1. The number of amides is 1. The Balaban J connectivity index is 1.41. The molecule has 0 unspecified atom stereocenters. The van der Waals surface area contributed by atoms with Crippen LogP contribution in [0.25, 0.3) is 33.2 Å². The molecule has 2 aromatic heterocycles. The second kappa shape index (κ2) is 9.27. The summed E-state index contributed by atoms with van der Waals surface area (Å²) < 4.78 is 14.1. The Labute approximate surface area is 201 Å². The summed E-state index contributed by atoms with van der Waals surface area (Å²) in [6.07, 6.45) is 1.54. The van der Waals surface area contributed by atoms with Gasteiger partial charge in [0, 0.05) is 33.4 Å². The zero-order valence-electron chi connectivity index (χ0n) is 18.7. The van der Waals surface area contributed by atoms with Gasteiger partial charge in [0.1, 0.15) is 5.82 Å². The van der Waals surface area contributed by atoms with Crippen molar-refractivity contribution in [3.63, 3.8) is 0 Å². The molecule has 4 nitrogen and oxygen atoms in total. The van der Waals surface area contributed by atoms with E-state index >= 15 is 0 Å². The van der Waals surface area contributed by atoms with Crippen molar-refractivity contribution in [2.24, 2.45) is 0 Å². The van der Waals surface area contributed by atoms with Gasteiger partial charge in [-0.1, -0.05) is 41.9 Å². The predicted octanol–water partition coefficient (Wildman–Crippen LogP) is 7.45. The van der Waals surface area contributed by atoms with Crippen LogP contribution in [0.1, 0.15) is 24.0 Å². The standard InChI is InChI=1S/C28H23ClFN3O/c1-17-22(29)8-5-10-23(17)32-27(34)11-4-7-20-21-16-19(30)13-15-25(21)33-28(20)26-14-12-18-6-2-3-9-24(18)31-26/h2-3,5-6,8-10,12-16,33H,4,7,11H2,1H3,(H,32,34). The zero-order chi connectivity index (χ0) is 23.7. The number of halogens is 2. The van der Waals surface area contributed by atoms with E-state index in [-0.39, 0.29) is 11.7 Å². The van der Waals surface area contributed by atoms with Gasteiger partial charge in [-0.3, -0.25) is 4.79 Å². The summed E-state index contributed by atoms with van der Waals surface area (Å²) in [4.78, 5) is 20.8. The second-order valence-corrected chi connectivity index (χ2v) is 8.78. The number of aryl methyl sites for hydroxylation is 1. The maximum absolute atomic E-state index is 14.1. The Morgan fingerprint density at radius 1 is 1.06 bits per heavy atom. The zero-order valence-corrected chi connectivity index (χ0v) is 19.4. The second-order valence-electron chi connectivity index (χ2n) is 8.37. The van der Waals surface area contributed by atoms with Crippen molar-refractivity contribution in [1.29, 1.82) is 0 Å². The summed E-state index contributed by atoms with van der Waals surface area (Å²) in [6.45, 7) is 1.88. The van der Waals surface area contributed by atoms with Crippen LogP contribution in [0.2, 0.25) is 5.02 Å². The maximum atomic E-state index is 14.1. The summed E-state index contributed by atoms with van der Waals surface area (Å²) in [5.74, 6) is -0.373. The number of anilines is 1. The highest BCUT2D eigenvalue weighted by Crippen LogP contribution is 2.32. The summed E-state index contributed by atoms with van der Waals surface area (Å²) in [7, 11) is 0. The van der Waals surface area contributed by atoms with Crippen molar-refractivity contribution >= 4 is 45.0 Å². The first-order valence-corrected chi connectivity index (χ1v) is 11.6. The number of para-hydroxylation sites is 1. The number of pyridine rings is 1. The summed E-state index contributed by atoms with van der Waals surface area (Å²) >= 11 is 6.16. The fourth-order valence-corrected chi connectivity index (χ4v) is 4.46. The van der Waals surface area contributed by atoms with Gasteiger partial charge in [0.2, 0.25) is 5.91 Å². The van der Waals surface area contributed by atoms with E-state index in [0.29, 0.717) is 30.0 Å². The monoisotopic (exact) mass is 471 g/mol. The third-order valence-electron chi connectivity index (χ3n) is 6.10. The Bertz CT molecular complexity index is 1530. The van der Waals surface area contributed by atoms with Crippen LogP contribution >= 0.6 is 11.6 Å². The number of aromatic nitrogens is 2. The Morgan fingerprint density at radius 3 is 2.79 bits per heavy atom. The quantitative estimate of drug-likeness (QED) is 0.270. The number of benzene rings is 3. The normalized spacial score (nSPS) is 11.3. The molecule has 0 aliphatic rings. The molecule has 5 rings (SSSR count). The fraction of sp³-hybridized carbons (Fsp3) is 0.143. The van der Waals surface area contributed by atoms with Gasteiger partial charge in [0.15, 0.2) is 0 Å². The first-order chi connectivity index (χ1) is 16.5. The SMILES string of the molecule is Cc1c(Cl)cccc1NC(=O)CCCc1c(-c2ccc3ccccc3n2)[nH]c2ccc(F)cc12. The molecule has 1 amide bonds. The number of fused-ring (bicyclic) bond motifs is 2. The molecule has 0 bridgehead atoms. The lowest BCUT2D eigenvalue weighted by Gasteiger charge is -2.10. The molecule has 0 atom stereocenters. The Hall–Kier alpha value is -3.70. The molecule has 5 aromatic rings. The average molecular weight is 472 g/mol. The Morgan fingerprint density at radius 2 is 1.91 bits per heavy atom. The van der Waals surface area contributed by atoms with Gasteiger partial charge in [-0.25, -0.2) is 9.37 Å². The molecule has 0 aliphatic carbocycles. The van der Waals surface area contributed by atoms with Gasteiger partial charge >= 0.3 is 0 Å². The smallest absolute Gasteiger partial charge is 0.224 e. The number of hydrogen-bond acceptors (Lipinski definition) is 2. The first kappa shape index (κ1) is 22.1. The summed E-state index contributed by atoms with van der Waals surface area (Å²) in [5, 5.41) is 5.43. The number of carbonyl (C=O) groups is 1. The molecule has 0 saturated heterocycles. The lowest BCUT2D eigenvalue weighted by Crippen LogP contribution is -2.12. The number of carbonyl (C=O) groups excluding carboxylic acids is 1. The third-order valence-corrected chi connectivity index (χ3v) is 6.50. The maximum Gasteiger partial charge on any atom is 0.224 e. The highest BCUT2D eigenvalue weighted by molar-refractivity contribution is 6.31. The van der Waals surface area contributed by atoms with Crippen molar-refractivity contribution in [3.05, 3.63) is 94.8 Å². The van der Waals surface area contributed by atoms with Gasteiger partial charge < -0.3 is 10.3 Å². The van der Waals surface area contributed by atoms with Crippen LogP contribution in [-0.4, -0.2) is 15.9 Å². The minimum Gasteiger partial charge on any atom is -0.353 e. The molecule has 170 valence electrons. The van der Waals surface area contributed by atoms with E-state index in [2.05, 4.69) is 10.3 Å². The molecule has 6 heteroatoms. The fourth-order valence-electron chi connectivity index (χ4n) is 4.28.